The average Bonchev–Trinajstić information content (AvgIpc) is 3.10. The van der Waals surface area contributed by atoms with Crippen molar-refractivity contribution in [3.05, 3.63) is 75.0 Å². The first kappa shape index (κ1) is 18.3. The summed E-state index contributed by atoms with van der Waals surface area (Å²) in [5, 5.41) is 11.8. The van der Waals surface area contributed by atoms with E-state index >= 15 is 0 Å². The fraction of sp³-hybridized carbons (Fsp3) is 0.200. The van der Waals surface area contributed by atoms with Crippen molar-refractivity contribution in [3.63, 3.8) is 0 Å². The van der Waals surface area contributed by atoms with Gasteiger partial charge in [-0.05, 0) is 25.0 Å². The molecule has 2 aromatic carbocycles. The molecule has 0 bridgehead atoms. The fourth-order valence-corrected chi connectivity index (χ4v) is 2.97. The molecular formula is C20H18N2O5. The third kappa shape index (κ3) is 3.57. The first-order valence-corrected chi connectivity index (χ1v) is 8.46. The number of hydrogen-bond donors (Lipinski definition) is 1. The highest BCUT2D eigenvalue weighted by Gasteiger charge is 2.19. The predicted octanol–water partition coefficient (Wildman–Crippen LogP) is 3.99. The minimum Gasteiger partial charge on any atom is -0.454 e. The maximum Gasteiger partial charge on any atom is 0.338 e. The molecule has 7 heteroatoms. The summed E-state index contributed by atoms with van der Waals surface area (Å²) in [7, 11) is 0. The third-order valence-corrected chi connectivity index (χ3v) is 4.46. The van der Waals surface area contributed by atoms with Crippen LogP contribution in [0.5, 0.6) is 0 Å². The molecule has 7 nitrogen and oxygen atoms in total. The molecule has 0 atom stereocenters. The van der Waals surface area contributed by atoms with Gasteiger partial charge in [0, 0.05) is 34.3 Å². The van der Waals surface area contributed by atoms with Gasteiger partial charge < -0.3 is 9.72 Å². The second-order valence-corrected chi connectivity index (χ2v) is 6.15. The summed E-state index contributed by atoms with van der Waals surface area (Å²) < 4.78 is 5.07. The number of aromatic amines is 1. The molecule has 1 heterocycles. The van der Waals surface area contributed by atoms with Gasteiger partial charge in [0.2, 0.25) is 5.78 Å². The summed E-state index contributed by atoms with van der Waals surface area (Å²) in [6.45, 7) is 3.17. The number of H-pyrrole nitrogens is 1. The van der Waals surface area contributed by atoms with Crippen LogP contribution in [0, 0.1) is 17.0 Å². The van der Waals surface area contributed by atoms with Gasteiger partial charge in [-0.2, -0.15) is 0 Å². The van der Waals surface area contributed by atoms with Crippen molar-refractivity contribution < 1.29 is 19.2 Å². The number of ether oxygens (including phenoxy) is 1. The van der Waals surface area contributed by atoms with E-state index in [9.17, 15) is 19.7 Å². The smallest absolute Gasteiger partial charge is 0.338 e. The lowest BCUT2D eigenvalue weighted by Gasteiger charge is -2.05. The standard InChI is InChI=1S/C20H18N2O5/c1-3-13-5-4-6-15-16(10-21-19(13)15)18(23)11-27-20(24)14-8-7-12(2)17(9-14)22(25)26/h4-10,21H,3,11H2,1-2H3. The number of ketones is 1. The Morgan fingerprint density at radius 3 is 2.70 bits per heavy atom. The highest BCUT2D eigenvalue weighted by molar-refractivity contribution is 6.09. The van der Waals surface area contributed by atoms with Crippen molar-refractivity contribution in [1.82, 2.24) is 4.98 Å². The van der Waals surface area contributed by atoms with Crippen LogP contribution in [0.4, 0.5) is 5.69 Å². The first-order chi connectivity index (χ1) is 12.9. The van der Waals surface area contributed by atoms with Crippen LogP contribution >= 0.6 is 0 Å². The molecule has 0 fully saturated rings. The van der Waals surface area contributed by atoms with Gasteiger partial charge in [0.15, 0.2) is 6.61 Å². The van der Waals surface area contributed by atoms with Gasteiger partial charge in [-0.3, -0.25) is 14.9 Å². The number of nitrogens with one attached hydrogen (secondary N) is 1. The molecule has 0 aliphatic carbocycles. The normalized spacial score (nSPS) is 10.7. The number of hydrogen-bond acceptors (Lipinski definition) is 5. The van der Waals surface area contributed by atoms with E-state index in [2.05, 4.69) is 4.98 Å². The van der Waals surface area contributed by atoms with Crippen LogP contribution in [0.1, 0.15) is 38.8 Å². The maximum absolute atomic E-state index is 12.5. The Morgan fingerprint density at radius 2 is 2.00 bits per heavy atom. The molecule has 1 aromatic heterocycles. The van der Waals surface area contributed by atoms with E-state index in [0.29, 0.717) is 11.1 Å². The number of carbonyl (C=O) groups is 2. The monoisotopic (exact) mass is 366 g/mol. The van der Waals surface area contributed by atoms with Gasteiger partial charge in [0.05, 0.1) is 10.5 Å². The van der Waals surface area contributed by atoms with E-state index in [0.717, 1.165) is 29.0 Å². The summed E-state index contributed by atoms with van der Waals surface area (Å²) >= 11 is 0. The molecule has 0 amide bonds. The molecule has 1 N–H and O–H groups in total. The van der Waals surface area contributed by atoms with Gasteiger partial charge in [0.1, 0.15) is 0 Å². The Bertz CT molecular complexity index is 1050. The SMILES string of the molecule is CCc1cccc2c(C(=O)COC(=O)c3ccc(C)c([N+](=O)[O-])c3)c[nH]c12. The molecule has 0 aliphatic rings. The molecule has 0 saturated carbocycles. The maximum atomic E-state index is 12.5. The number of aryl methyl sites for hydroxylation is 2. The topological polar surface area (TPSA) is 102 Å². The lowest BCUT2D eigenvalue weighted by atomic mass is 10.1. The van der Waals surface area contributed by atoms with Crippen molar-refractivity contribution >= 4 is 28.3 Å². The molecule has 3 rings (SSSR count). The van der Waals surface area contributed by atoms with Gasteiger partial charge >= 0.3 is 5.97 Å². The molecule has 3 aromatic rings. The Labute approximate surface area is 155 Å². The zero-order valence-electron chi connectivity index (χ0n) is 14.9. The number of aromatic nitrogens is 1. The number of benzene rings is 2. The molecule has 0 aliphatic heterocycles. The Hall–Kier alpha value is -3.48. The number of rotatable bonds is 6. The summed E-state index contributed by atoms with van der Waals surface area (Å²) in [4.78, 5) is 38.2. The van der Waals surface area contributed by atoms with E-state index in [1.807, 2.05) is 25.1 Å². The van der Waals surface area contributed by atoms with Crippen LogP contribution in [0.25, 0.3) is 10.9 Å². The van der Waals surface area contributed by atoms with Gasteiger partial charge in [-0.25, -0.2) is 4.79 Å². The van der Waals surface area contributed by atoms with Crippen molar-refractivity contribution in [1.29, 1.82) is 0 Å². The number of nitro groups is 1. The van der Waals surface area contributed by atoms with Gasteiger partial charge in [0.25, 0.3) is 5.69 Å². The Morgan fingerprint density at radius 1 is 1.22 bits per heavy atom. The highest BCUT2D eigenvalue weighted by atomic mass is 16.6. The lowest BCUT2D eigenvalue weighted by Crippen LogP contribution is -2.14. The summed E-state index contributed by atoms with van der Waals surface area (Å²) in [6, 6.07) is 9.77. The van der Waals surface area contributed by atoms with Crippen LogP contribution in [-0.4, -0.2) is 28.3 Å². The average molecular weight is 366 g/mol. The number of nitrogens with zero attached hydrogens (tertiary/aromatic N) is 1. The second-order valence-electron chi connectivity index (χ2n) is 6.15. The van der Waals surface area contributed by atoms with E-state index in [-0.39, 0.29) is 17.0 Å². The number of para-hydroxylation sites is 1. The van der Waals surface area contributed by atoms with Crippen LogP contribution in [0.2, 0.25) is 0 Å². The van der Waals surface area contributed by atoms with Crippen molar-refractivity contribution in [2.45, 2.75) is 20.3 Å². The van der Waals surface area contributed by atoms with E-state index in [1.165, 1.54) is 12.1 Å². The summed E-state index contributed by atoms with van der Waals surface area (Å²) in [5.74, 6) is -1.12. The minimum atomic E-state index is -0.777. The third-order valence-electron chi connectivity index (χ3n) is 4.46. The summed E-state index contributed by atoms with van der Waals surface area (Å²) in [5.41, 5.74) is 2.74. The molecule has 0 saturated heterocycles. The molecule has 0 unspecified atom stereocenters. The van der Waals surface area contributed by atoms with Crippen molar-refractivity contribution in [3.8, 4) is 0 Å². The van der Waals surface area contributed by atoms with Crippen molar-refractivity contribution in [2.24, 2.45) is 0 Å². The lowest BCUT2D eigenvalue weighted by molar-refractivity contribution is -0.385. The number of fused-ring (bicyclic) bond motifs is 1. The highest BCUT2D eigenvalue weighted by Crippen LogP contribution is 2.23. The van der Waals surface area contributed by atoms with Crippen LogP contribution < -0.4 is 0 Å². The molecule has 138 valence electrons. The minimum absolute atomic E-state index is 0.0345. The van der Waals surface area contributed by atoms with Crippen LogP contribution in [-0.2, 0) is 11.2 Å². The molecule has 0 spiro atoms. The zero-order chi connectivity index (χ0) is 19.6. The number of esters is 1. The number of carbonyl (C=O) groups excluding carboxylic acids is 2. The van der Waals surface area contributed by atoms with Gasteiger partial charge in [-0.15, -0.1) is 0 Å². The number of Topliss-reactive ketones (excluding diaryl/α,β-unsaturated/α-hetero) is 1. The second kappa shape index (κ2) is 7.41. The number of nitro benzene ring substituents is 1. The van der Waals surface area contributed by atoms with Crippen molar-refractivity contribution in [2.75, 3.05) is 6.61 Å². The van der Waals surface area contributed by atoms with E-state index < -0.39 is 17.5 Å². The van der Waals surface area contributed by atoms with E-state index in [4.69, 9.17) is 4.74 Å². The zero-order valence-corrected chi connectivity index (χ0v) is 14.9. The molecule has 0 radical (unpaired) electrons. The van der Waals surface area contributed by atoms with Crippen LogP contribution in [0.15, 0.2) is 42.6 Å². The van der Waals surface area contributed by atoms with Gasteiger partial charge in [-0.1, -0.05) is 31.2 Å². The molecule has 27 heavy (non-hydrogen) atoms. The quantitative estimate of drug-likeness (QED) is 0.308. The Balaban J connectivity index is 1.75. The summed E-state index contributed by atoms with van der Waals surface area (Å²) in [6.07, 6.45) is 2.43. The molecular weight excluding hydrogens is 348 g/mol. The predicted molar refractivity (Wildman–Crippen MR) is 100 cm³/mol. The van der Waals surface area contributed by atoms with E-state index in [1.54, 1.807) is 13.1 Å². The largest absolute Gasteiger partial charge is 0.454 e. The Kier molecular flexibility index (Phi) is 5.03. The van der Waals surface area contributed by atoms with Crippen LogP contribution in [0.3, 0.4) is 0 Å². The fourth-order valence-electron chi connectivity index (χ4n) is 2.97. The first-order valence-electron chi connectivity index (χ1n) is 8.46.